The predicted molar refractivity (Wildman–Crippen MR) is 47.7 cm³/mol. The molecule has 0 aromatic rings. The van der Waals surface area contributed by atoms with Crippen LogP contribution in [0.5, 0.6) is 0 Å². The van der Waals surface area contributed by atoms with Gasteiger partial charge in [-0.15, -0.1) is 12.4 Å². The Balaban J connectivity index is 0.000001000. The first-order valence-electron chi connectivity index (χ1n) is 3.82. The van der Waals surface area contributed by atoms with Crippen LogP contribution >= 0.6 is 12.4 Å². The molecule has 4 heteroatoms. The van der Waals surface area contributed by atoms with E-state index >= 15 is 0 Å². The average Bonchev–Trinajstić information content (AvgIpc) is 1.88. The van der Waals surface area contributed by atoms with Crippen LogP contribution in [0.25, 0.3) is 0 Å². The molecule has 0 aromatic heterocycles. The maximum atomic E-state index is 9.39. The molecule has 1 saturated heterocycles. The van der Waals surface area contributed by atoms with Gasteiger partial charge < -0.3 is 16.2 Å². The summed E-state index contributed by atoms with van der Waals surface area (Å²) in [5.41, 5.74) is 4.57. The summed E-state index contributed by atoms with van der Waals surface area (Å²) in [4.78, 5) is 0. The molecule has 0 saturated carbocycles. The normalized spacial score (nSPS) is 25.4. The molecule has 1 heterocycles. The summed E-state index contributed by atoms with van der Waals surface area (Å²) in [6, 6.07) is 0. The fourth-order valence-electron chi connectivity index (χ4n) is 1.41. The van der Waals surface area contributed by atoms with Crippen LogP contribution in [0.3, 0.4) is 0 Å². The third-order valence-corrected chi connectivity index (χ3v) is 2.17. The summed E-state index contributed by atoms with van der Waals surface area (Å²) in [5.74, 6) is 0.272. The highest BCUT2D eigenvalue weighted by atomic mass is 35.5. The zero-order valence-corrected chi connectivity index (χ0v) is 7.66. The standard InChI is InChI=1S/C7H16N2O.ClH/c1-7(8,10)6-2-4-9-5-3-6;/h6,9-10H,2-5,8H2,1H3;1H. The smallest absolute Gasteiger partial charge is 0.113 e. The van der Waals surface area contributed by atoms with Crippen LogP contribution in [0.2, 0.25) is 0 Å². The van der Waals surface area contributed by atoms with E-state index in [1.807, 2.05) is 0 Å². The lowest BCUT2D eigenvalue weighted by atomic mass is 9.89. The summed E-state index contributed by atoms with van der Waals surface area (Å²) < 4.78 is 0. The zero-order chi connectivity index (χ0) is 7.61. The molecule has 1 atom stereocenters. The van der Waals surface area contributed by atoms with Crippen LogP contribution in [0.1, 0.15) is 19.8 Å². The lowest BCUT2D eigenvalue weighted by Gasteiger charge is -2.32. The number of hydrogen-bond acceptors (Lipinski definition) is 3. The summed E-state index contributed by atoms with van der Waals surface area (Å²) in [6.45, 7) is 3.65. The number of nitrogens with one attached hydrogen (secondary N) is 1. The van der Waals surface area contributed by atoms with Gasteiger partial charge >= 0.3 is 0 Å². The highest BCUT2D eigenvalue weighted by Crippen LogP contribution is 2.20. The monoisotopic (exact) mass is 180 g/mol. The van der Waals surface area contributed by atoms with Gasteiger partial charge in [-0.2, -0.15) is 0 Å². The average molecular weight is 181 g/mol. The van der Waals surface area contributed by atoms with Gasteiger partial charge in [0.2, 0.25) is 0 Å². The van der Waals surface area contributed by atoms with E-state index in [0.29, 0.717) is 0 Å². The van der Waals surface area contributed by atoms with Crippen LogP contribution < -0.4 is 11.1 Å². The first-order chi connectivity index (χ1) is 4.61. The van der Waals surface area contributed by atoms with Crippen molar-refractivity contribution in [2.24, 2.45) is 11.7 Å². The third kappa shape index (κ3) is 3.38. The topological polar surface area (TPSA) is 58.3 Å². The fourth-order valence-corrected chi connectivity index (χ4v) is 1.41. The van der Waals surface area contributed by atoms with Crippen molar-refractivity contribution in [3.8, 4) is 0 Å². The molecule has 0 aromatic carbocycles. The van der Waals surface area contributed by atoms with Crippen molar-refractivity contribution in [1.82, 2.24) is 5.32 Å². The van der Waals surface area contributed by atoms with Crippen LogP contribution in [0.4, 0.5) is 0 Å². The van der Waals surface area contributed by atoms with Gasteiger partial charge in [-0.25, -0.2) is 0 Å². The Morgan fingerprint density at radius 1 is 1.45 bits per heavy atom. The second-order valence-electron chi connectivity index (χ2n) is 3.25. The zero-order valence-electron chi connectivity index (χ0n) is 6.84. The molecular weight excluding hydrogens is 164 g/mol. The van der Waals surface area contributed by atoms with Crippen molar-refractivity contribution < 1.29 is 5.11 Å². The van der Waals surface area contributed by atoms with Gasteiger partial charge in [0.05, 0.1) is 0 Å². The Kier molecular flexibility index (Phi) is 4.32. The van der Waals surface area contributed by atoms with Crippen molar-refractivity contribution in [3.05, 3.63) is 0 Å². The van der Waals surface area contributed by atoms with E-state index in [1.54, 1.807) is 6.92 Å². The summed E-state index contributed by atoms with van der Waals surface area (Å²) in [5, 5.41) is 12.6. The molecule has 11 heavy (non-hydrogen) atoms. The lowest BCUT2D eigenvalue weighted by molar-refractivity contribution is -0.00770. The van der Waals surface area contributed by atoms with E-state index in [9.17, 15) is 5.11 Å². The van der Waals surface area contributed by atoms with Gasteiger partial charge in [-0.3, -0.25) is 0 Å². The summed E-state index contributed by atoms with van der Waals surface area (Å²) in [6.07, 6.45) is 1.98. The van der Waals surface area contributed by atoms with E-state index < -0.39 is 5.72 Å². The van der Waals surface area contributed by atoms with Gasteiger partial charge in [0.25, 0.3) is 0 Å². The van der Waals surface area contributed by atoms with Crippen molar-refractivity contribution in [2.45, 2.75) is 25.5 Å². The van der Waals surface area contributed by atoms with Crippen molar-refractivity contribution in [3.63, 3.8) is 0 Å². The minimum atomic E-state index is -0.970. The van der Waals surface area contributed by atoms with E-state index in [2.05, 4.69) is 5.32 Å². The maximum Gasteiger partial charge on any atom is 0.113 e. The minimum absolute atomic E-state index is 0. The molecule has 1 aliphatic heterocycles. The second-order valence-corrected chi connectivity index (χ2v) is 3.25. The summed E-state index contributed by atoms with van der Waals surface area (Å²) in [7, 11) is 0. The van der Waals surface area contributed by atoms with Crippen LogP contribution in [0.15, 0.2) is 0 Å². The molecule has 0 aliphatic carbocycles. The third-order valence-electron chi connectivity index (χ3n) is 2.17. The number of aliphatic hydroxyl groups is 1. The van der Waals surface area contributed by atoms with Crippen molar-refractivity contribution >= 4 is 12.4 Å². The molecule has 1 rings (SSSR count). The Hall–Kier alpha value is 0.170. The molecule has 1 fully saturated rings. The SMILES string of the molecule is CC(N)(O)C1CCNCC1.Cl. The maximum absolute atomic E-state index is 9.39. The van der Waals surface area contributed by atoms with Gasteiger partial charge in [0.15, 0.2) is 0 Å². The Morgan fingerprint density at radius 3 is 2.18 bits per heavy atom. The number of piperidine rings is 1. The number of nitrogens with two attached hydrogens (primary N) is 1. The first-order valence-corrected chi connectivity index (χ1v) is 3.82. The first kappa shape index (κ1) is 11.2. The van der Waals surface area contributed by atoms with Gasteiger partial charge in [0.1, 0.15) is 5.72 Å². The molecule has 0 spiro atoms. The molecule has 3 nitrogen and oxygen atoms in total. The minimum Gasteiger partial charge on any atom is -0.376 e. The molecule has 0 radical (unpaired) electrons. The highest BCUT2D eigenvalue weighted by molar-refractivity contribution is 5.85. The number of hydrogen-bond donors (Lipinski definition) is 3. The molecule has 4 N–H and O–H groups in total. The van der Waals surface area contributed by atoms with E-state index in [-0.39, 0.29) is 18.3 Å². The van der Waals surface area contributed by atoms with Crippen molar-refractivity contribution in [2.75, 3.05) is 13.1 Å². The molecule has 1 unspecified atom stereocenters. The lowest BCUT2D eigenvalue weighted by Crippen LogP contribution is -2.48. The molecule has 68 valence electrons. The summed E-state index contributed by atoms with van der Waals surface area (Å²) >= 11 is 0. The number of halogens is 1. The Labute approximate surface area is 73.8 Å². The Bertz CT molecular complexity index is 107. The van der Waals surface area contributed by atoms with Crippen molar-refractivity contribution in [1.29, 1.82) is 0 Å². The van der Waals surface area contributed by atoms with Gasteiger partial charge in [-0.1, -0.05) is 0 Å². The highest BCUT2D eigenvalue weighted by Gasteiger charge is 2.28. The second kappa shape index (κ2) is 4.26. The number of rotatable bonds is 1. The van der Waals surface area contributed by atoms with Crippen LogP contribution in [-0.2, 0) is 0 Å². The largest absolute Gasteiger partial charge is 0.376 e. The molecule has 1 aliphatic rings. The van der Waals surface area contributed by atoms with Gasteiger partial charge in [0, 0.05) is 5.92 Å². The van der Waals surface area contributed by atoms with Crippen LogP contribution in [0, 0.1) is 5.92 Å². The van der Waals surface area contributed by atoms with E-state index in [0.717, 1.165) is 25.9 Å². The molecule has 0 amide bonds. The molecule has 0 bridgehead atoms. The van der Waals surface area contributed by atoms with Crippen LogP contribution in [-0.4, -0.2) is 23.9 Å². The fraction of sp³-hybridized carbons (Fsp3) is 1.00. The van der Waals surface area contributed by atoms with E-state index in [4.69, 9.17) is 5.73 Å². The Morgan fingerprint density at radius 2 is 1.91 bits per heavy atom. The van der Waals surface area contributed by atoms with E-state index in [1.165, 1.54) is 0 Å². The predicted octanol–water partition coefficient (Wildman–Crippen LogP) is 0.0750. The molecular formula is C7H17ClN2O. The quantitative estimate of drug-likeness (QED) is 0.501. The van der Waals surface area contributed by atoms with Gasteiger partial charge in [-0.05, 0) is 32.9 Å².